The summed E-state index contributed by atoms with van der Waals surface area (Å²) in [6, 6.07) is 16.6. The summed E-state index contributed by atoms with van der Waals surface area (Å²) in [6.45, 7) is 7.37. The molecule has 0 aromatic heterocycles. The molecule has 0 heterocycles. The minimum absolute atomic E-state index is 0.161. The Morgan fingerprint density at radius 1 is 0.757 bits per heavy atom. The zero-order valence-electron chi connectivity index (χ0n) is 22.3. The number of rotatable bonds is 9. The Morgan fingerprint density at radius 2 is 1.32 bits per heavy atom. The van der Waals surface area contributed by atoms with Crippen LogP contribution in [-0.2, 0) is 9.59 Å². The molecule has 0 aliphatic rings. The van der Waals surface area contributed by atoms with Crippen molar-refractivity contribution in [3.63, 3.8) is 0 Å². The molecule has 0 spiro atoms. The zero-order chi connectivity index (χ0) is 27.1. The van der Waals surface area contributed by atoms with Gasteiger partial charge in [-0.25, -0.2) is 4.79 Å². The van der Waals surface area contributed by atoms with Crippen molar-refractivity contribution in [1.29, 1.82) is 0 Å². The zero-order valence-corrected chi connectivity index (χ0v) is 22.3. The number of carbonyl (C=O) groups is 2. The van der Waals surface area contributed by atoms with Gasteiger partial charge in [0.15, 0.2) is 5.78 Å². The molecule has 3 aromatic rings. The molecule has 0 fully saturated rings. The largest absolute Gasteiger partial charge is 0.496 e. The summed E-state index contributed by atoms with van der Waals surface area (Å²) in [5, 5.41) is 0. The molecule has 0 amide bonds. The molecule has 37 heavy (non-hydrogen) atoms. The van der Waals surface area contributed by atoms with Gasteiger partial charge in [0.1, 0.15) is 28.6 Å². The van der Waals surface area contributed by atoms with E-state index < -0.39 is 11.8 Å². The molecule has 6 nitrogen and oxygen atoms in total. The second kappa shape index (κ2) is 12.1. The smallest absolute Gasteiger partial charge is 0.347 e. The molecule has 3 aromatic carbocycles. The fourth-order valence-electron chi connectivity index (χ4n) is 4.09. The third-order valence-electron chi connectivity index (χ3n) is 5.85. The van der Waals surface area contributed by atoms with Crippen LogP contribution in [0.1, 0.15) is 34.7 Å². The average molecular weight is 501 g/mol. The first kappa shape index (κ1) is 27.3. The Bertz CT molecular complexity index is 1320. The Hall–Kier alpha value is -4.32. The van der Waals surface area contributed by atoms with Crippen LogP contribution in [0.4, 0.5) is 0 Å². The van der Waals surface area contributed by atoms with Crippen molar-refractivity contribution in [3.05, 3.63) is 93.6 Å². The van der Waals surface area contributed by atoms with Gasteiger partial charge in [0.25, 0.3) is 0 Å². The highest BCUT2D eigenvalue weighted by Crippen LogP contribution is 2.36. The Labute approximate surface area is 218 Å². The first-order valence-corrected chi connectivity index (χ1v) is 11.8. The Kier molecular flexibility index (Phi) is 8.90. The molecule has 6 heteroatoms. The van der Waals surface area contributed by atoms with Gasteiger partial charge in [0.05, 0.1) is 26.9 Å². The van der Waals surface area contributed by atoms with E-state index in [1.807, 2.05) is 63.2 Å². The number of aryl methyl sites for hydroxylation is 3. The van der Waals surface area contributed by atoms with Crippen LogP contribution in [-0.4, -0.2) is 33.1 Å². The second-order valence-corrected chi connectivity index (χ2v) is 8.69. The molecule has 0 aliphatic carbocycles. The number of benzene rings is 3. The molecule has 0 saturated heterocycles. The maximum absolute atomic E-state index is 13.7. The minimum atomic E-state index is -0.777. The highest BCUT2D eigenvalue weighted by atomic mass is 16.5. The number of allylic oxidation sites excluding steroid dienone is 1. The van der Waals surface area contributed by atoms with Crippen molar-refractivity contribution in [2.24, 2.45) is 0 Å². The average Bonchev–Trinajstić information content (AvgIpc) is 2.88. The van der Waals surface area contributed by atoms with E-state index in [9.17, 15) is 9.59 Å². The van der Waals surface area contributed by atoms with E-state index in [1.54, 1.807) is 25.1 Å². The molecule has 192 valence electrons. The van der Waals surface area contributed by atoms with E-state index in [4.69, 9.17) is 18.9 Å². The van der Waals surface area contributed by atoms with E-state index in [0.717, 1.165) is 22.3 Å². The maximum atomic E-state index is 13.7. The van der Waals surface area contributed by atoms with Crippen molar-refractivity contribution in [1.82, 2.24) is 0 Å². The van der Waals surface area contributed by atoms with Gasteiger partial charge in [-0.1, -0.05) is 48.0 Å². The topological polar surface area (TPSA) is 71.1 Å². The third kappa shape index (κ3) is 6.47. The SMILES string of the molecule is COc1cc(OC)c(/C=C(\C(=O)Oc2c(C)cc(C)cc2C)C(=O)/C(C)=C/c2ccccc2)c(OC)c1. The lowest BCUT2D eigenvalue weighted by Crippen LogP contribution is -2.20. The van der Waals surface area contributed by atoms with E-state index in [-0.39, 0.29) is 5.57 Å². The van der Waals surface area contributed by atoms with Gasteiger partial charge in [0.2, 0.25) is 0 Å². The monoisotopic (exact) mass is 500 g/mol. The number of carbonyl (C=O) groups excluding carboxylic acids is 2. The third-order valence-corrected chi connectivity index (χ3v) is 5.85. The van der Waals surface area contributed by atoms with Crippen molar-refractivity contribution in [3.8, 4) is 23.0 Å². The fourth-order valence-corrected chi connectivity index (χ4v) is 4.09. The van der Waals surface area contributed by atoms with Crippen LogP contribution < -0.4 is 18.9 Å². The number of ketones is 1. The first-order valence-electron chi connectivity index (χ1n) is 11.8. The summed E-state index contributed by atoms with van der Waals surface area (Å²) in [4.78, 5) is 27.3. The van der Waals surface area contributed by atoms with Gasteiger partial charge < -0.3 is 18.9 Å². The molecular weight excluding hydrogens is 468 g/mol. The van der Waals surface area contributed by atoms with Crippen molar-refractivity contribution >= 4 is 23.9 Å². The summed E-state index contributed by atoms with van der Waals surface area (Å²) in [7, 11) is 4.51. The van der Waals surface area contributed by atoms with Crippen LogP contribution in [0.2, 0.25) is 0 Å². The fraction of sp³-hybridized carbons (Fsp3) is 0.226. The lowest BCUT2D eigenvalue weighted by molar-refractivity contribution is -0.131. The summed E-state index contributed by atoms with van der Waals surface area (Å²) in [5.74, 6) is 0.431. The number of hydrogen-bond donors (Lipinski definition) is 0. The van der Waals surface area contributed by atoms with Crippen LogP contribution in [0.3, 0.4) is 0 Å². The molecule has 0 unspecified atom stereocenters. The Balaban J connectivity index is 2.17. The van der Waals surface area contributed by atoms with Gasteiger partial charge >= 0.3 is 5.97 Å². The molecule has 0 aliphatic heterocycles. The van der Waals surface area contributed by atoms with Crippen LogP contribution in [0.25, 0.3) is 12.2 Å². The molecular formula is C31H32O6. The van der Waals surface area contributed by atoms with Gasteiger partial charge in [-0.3, -0.25) is 4.79 Å². The highest BCUT2D eigenvalue weighted by Gasteiger charge is 2.25. The number of hydrogen-bond acceptors (Lipinski definition) is 6. The van der Waals surface area contributed by atoms with Crippen LogP contribution >= 0.6 is 0 Å². The summed E-state index contributed by atoms with van der Waals surface area (Å²) in [6.07, 6.45) is 3.18. The lowest BCUT2D eigenvalue weighted by Gasteiger charge is -2.15. The summed E-state index contributed by atoms with van der Waals surface area (Å²) >= 11 is 0. The van der Waals surface area contributed by atoms with E-state index in [2.05, 4.69) is 0 Å². The van der Waals surface area contributed by atoms with Crippen molar-refractivity contribution in [2.45, 2.75) is 27.7 Å². The van der Waals surface area contributed by atoms with Crippen LogP contribution in [0.15, 0.2) is 65.7 Å². The Morgan fingerprint density at radius 3 is 1.84 bits per heavy atom. The normalized spacial score (nSPS) is 11.6. The van der Waals surface area contributed by atoms with Gasteiger partial charge in [-0.15, -0.1) is 0 Å². The number of esters is 1. The van der Waals surface area contributed by atoms with E-state index in [1.165, 1.54) is 27.4 Å². The maximum Gasteiger partial charge on any atom is 0.347 e. The van der Waals surface area contributed by atoms with Crippen LogP contribution in [0, 0.1) is 20.8 Å². The van der Waals surface area contributed by atoms with Crippen LogP contribution in [0.5, 0.6) is 23.0 Å². The molecule has 0 radical (unpaired) electrons. The predicted octanol–water partition coefficient (Wildman–Crippen LogP) is 6.30. The molecule has 3 rings (SSSR count). The van der Waals surface area contributed by atoms with Crippen molar-refractivity contribution in [2.75, 3.05) is 21.3 Å². The molecule has 0 saturated carbocycles. The highest BCUT2D eigenvalue weighted by molar-refractivity contribution is 6.28. The molecule has 0 N–H and O–H groups in total. The minimum Gasteiger partial charge on any atom is -0.496 e. The van der Waals surface area contributed by atoms with Gasteiger partial charge in [0, 0.05) is 12.1 Å². The predicted molar refractivity (Wildman–Crippen MR) is 145 cm³/mol. The number of Topliss-reactive ketones (excluding diaryl/α,β-unsaturated/α-hetero) is 1. The van der Waals surface area contributed by atoms with E-state index >= 15 is 0 Å². The van der Waals surface area contributed by atoms with Gasteiger partial charge in [-0.05, 0) is 62.1 Å². The second-order valence-electron chi connectivity index (χ2n) is 8.69. The summed E-state index contributed by atoms with van der Waals surface area (Å²) < 4.78 is 22.2. The molecule has 0 bridgehead atoms. The summed E-state index contributed by atoms with van der Waals surface area (Å²) in [5.41, 5.74) is 4.12. The van der Waals surface area contributed by atoms with Crippen molar-refractivity contribution < 1.29 is 28.5 Å². The number of methoxy groups -OCH3 is 3. The standard InChI is InChI=1S/C31H32O6/c1-19-13-21(3)30(22(4)14-19)37-31(33)26(29(32)20(2)15-23-11-9-8-10-12-23)18-25-27(35-6)16-24(34-5)17-28(25)36-7/h8-18H,1-7H3/b20-15+,26-18-. The number of ether oxygens (including phenoxy) is 4. The molecule has 0 atom stereocenters. The van der Waals surface area contributed by atoms with Gasteiger partial charge in [-0.2, -0.15) is 0 Å². The quantitative estimate of drug-likeness (QED) is 0.113. The van der Waals surface area contributed by atoms with E-state index in [0.29, 0.717) is 34.1 Å². The first-order chi connectivity index (χ1) is 17.7. The lowest BCUT2D eigenvalue weighted by atomic mass is 9.99.